The first kappa shape index (κ1) is 11.2. The highest BCUT2D eigenvalue weighted by molar-refractivity contribution is 14.1. The fourth-order valence-electron chi connectivity index (χ4n) is 1.17. The maximum Gasteiger partial charge on any atom is 0.0903 e. The van der Waals surface area contributed by atoms with E-state index in [1.165, 1.54) is 0 Å². The molecule has 0 saturated heterocycles. The van der Waals surface area contributed by atoms with Gasteiger partial charge in [-0.1, -0.05) is 29.3 Å². The van der Waals surface area contributed by atoms with Crippen LogP contribution in [0.3, 0.4) is 0 Å². The average molecular weight is 349 g/mol. The SMILES string of the molecule is Clc1ccnc(-c2c[c]c(I)cc2)c1Cl. The van der Waals surface area contributed by atoms with Gasteiger partial charge in [0.2, 0.25) is 0 Å². The van der Waals surface area contributed by atoms with Gasteiger partial charge in [-0.05, 0) is 46.9 Å². The van der Waals surface area contributed by atoms with Gasteiger partial charge in [0, 0.05) is 15.3 Å². The van der Waals surface area contributed by atoms with E-state index in [9.17, 15) is 0 Å². The molecule has 0 amide bonds. The van der Waals surface area contributed by atoms with E-state index in [2.05, 4.69) is 33.6 Å². The predicted octanol–water partition coefficient (Wildman–Crippen LogP) is 4.46. The molecule has 1 nitrogen and oxygen atoms in total. The molecule has 0 fully saturated rings. The summed E-state index contributed by atoms with van der Waals surface area (Å²) in [6.45, 7) is 0. The zero-order chi connectivity index (χ0) is 10.8. The van der Waals surface area contributed by atoms with Crippen LogP contribution in [0.1, 0.15) is 0 Å². The summed E-state index contributed by atoms with van der Waals surface area (Å²) in [5.41, 5.74) is 1.61. The van der Waals surface area contributed by atoms with Crippen LogP contribution in [-0.4, -0.2) is 4.98 Å². The van der Waals surface area contributed by atoms with Crippen molar-refractivity contribution in [2.75, 3.05) is 0 Å². The molecule has 1 radical (unpaired) electrons. The van der Waals surface area contributed by atoms with Gasteiger partial charge >= 0.3 is 0 Å². The van der Waals surface area contributed by atoms with Gasteiger partial charge in [0.15, 0.2) is 0 Å². The van der Waals surface area contributed by atoms with Crippen molar-refractivity contribution in [2.24, 2.45) is 0 Å². The lowest BCUT2D eigenvalue weighted by Gasteiger charge is -2.04. The normalized spacial score (nSPS) is 10.3. The molecule has 15 heavy (non-hydrogen) atoms. The van der Waals surface area contributed by atoms with Crippen LogP contribution in [-0.2, 0) is 0 Å². The van der Waals surface area contributed by atoms with Crippen LogP contribution in [0, 0.1) is 9.64 Å². The highest BCUT2D eigenvalue weighted by Gasteiger charge is 2.07. The molecule has 0 unspecified atom stereocenters. The molecule has 0 bridgehead atoms. The van der Waals surface area contributed by atoms with Crippen LogP contribution < -0.4 is 0 Å². The third kappa shape index (κ3) is 2.44. The van der Waals surface area contributed by atoms with E-state index >= 15 is 0 Å². The van der Waals surface area contributed by atoms with Crippen LogP contribution in [0.2, 0.25) is 10.0 Å². The standard InChI is InChI=1S/C11H5Cl2IN/c12-9-5-6-15-11(10(9)13)7-1-3-8(14)4-2-7/h1-3,5-6H. The highest BCUT2D eigenvalue weighted by atomic mass is 127. The van der Waals surface area contributed by atoms with Gasteiger partial charge in [0.1, 0.15) is 0 Å². The molecule has 2 rings (SSSR count). The molecular weight excluding hydrogens is 344 g/mol. The number of hydrogen-bond acceptors (Lipinski definition) is 1. The Morgan fingerprint density at radius 2 is 2.00 bits per heavy atom. The molecule has 0 aliphatic heterocycles. The van der Waals surface area contributed by atoms with E-state index in [0.29, 0.717) is 15.7 Å². The van der Waals surface area contributed by atoms with Gasteiger partial charge in [-0.2, -0.15) is 0 Å². The topological polar surface area (TPSA) is 12.9 Å². The van der Waals surface area contributed by atoms with E-state index in [1.54, 1.807) is 12.3 Å². The van der Waals surface area contributed by atoms with Gasteiger partial charge in [-0.25, -0.2) is 0 Å². The minimum atomic E-state index is 0.480. The monoisotopic (exact) mass is 348 g/mol. The average Bonchev–Trinajstić information content (AvgIpc) is 2.24. The lowest BCUT2D eigenvalue weighted by atomic mass is 10.1. The molecule has 2 aromatic rings. The van der Waals surface area contributed by atoms with Crippen molar-refractivity contribution in [1.82, 2.24) is 4.98 Å². The fraction of sp³-hybridized carbons (Fsp3) is 0. The molecule has 1 aromatic heterocycles. The minimum Gasteiger partial charge on any atom is -0.255 e. The van der Waals surface area contributed by atoms with Crippen LogP contribution in [0.15, 0.2) is 30.5 Å². The number of halogens is 3. The summed E-state index contributed by atoms with van der Waals surface area (Å²) in [6.07, 6.45) is 1.64. The predicted molar refractivity (Wildman–Crippen MR) is 71.2 cm³/mol. The van der Waals surface area contributed by atoms with Crippen molar-refractivity contribution in [3.63, 3.8) is 0 Å². The summed E-state index contributed by atoms with van der Waals surface area (Å²) in [6, 6.07) is 10.5. The molecule has 0 aliphatic carbocycles. The fourth-order valence-corrected chi connectivity index (χ4v) is 1.88. The Morgan fingerprint density at radius 1 is 1.20 bits per heavy atom. The summed E-state index contributed by atoms with van der Waals surface area (Å²) in [7, 11) is 0. The third-order valence-electron chi connectivity index (χ3n) is 1.89. The Morgan fingerprint density at radius 3 is 2.67 bits per heavy atom. The lowest BCUT2D eigenvalue weighted by molar-refractivity contribution is 1.32. The summed E-state index contributed by atoms with van der Waals surface area (Å²) in [5, 5.41) is 0.994. The van der Waals surface area contributed by atoms with Crippen molar-refractivity contribution in [1.29, 1.82) is 0 Å². The van der Waals surface area contributed by atoms with Crippen molar-refractivity contribution in [3.8, 4) is 11.3 Å². The molecule has 75 valence electrons. The third-order valence-corrected chi connectivity index (χ3v) is 3.36. The quantitative estimate of drug-likeness (QED) is 0.693. The van der Waals surface area contributed by atoms with Gasteiger partial charge in [0.25, 0.3) is 0 Å². The number of aromatic nitrogens is 1. The summed E-state index contributed by atoms with van der Waals surface area (Å²) in [4.78, 5) is 4.20. The smallest absolute Gasteiger partial charge is 0.0903 e. The second-order valence-electron chi connectivity index (χ2n) is 2.88. The maximum atomic E-state index is 6.06. The molecule has 0 aliphatic rings. The van der Waals surface area contributed by atoms with E-state index in [-0.39, 0.29) is 0 Å². The number of hydrogen-bond donors (Lipinski definition) is 0. The van der Waals surface area contributed by atoms with Crippen LogP contribution in [0.25, 0.3) is 11.3 Å². The van der Waals surface area contributed by atoms with Crippen molar-refractivity contribution in [3.05, 3.63) is 50.1 Å². The Labute approximate surface area is 112 Å². The zero-order valence-corrected chi connectivity index (χ0v) is 11.1. The molecule has 1 aromatic carbocycles. The summed E-state index contributed by atoms with van der Waals surface area (Å²) in [5.74, 6) is 0. The molecule has 0 saturated carbocycles. The Hall–Kier alpha value is -0.320. The molecule has 0 N–H and O–H groups in total. The highest BCUT2D eigenvalue weighted by Crippen LogP contribution is 2.31. The second kappa shape index (κ2) is 4.68. The first-order valence-corrected chi connectivity index (χ1v) is 5.99. The first-order valence-electron chi connectivity index (χ1n) is 4.16. The van der Waals surface area contributed by atoms with Gasteiger partial charge in [-0.3, -0.25) is 4.98 Å². The van der Waals surface area contributed by atoms with Crippen LogP contribution in [0.5, 0.6) is 0 Å². The molecular formula is C11H5Cl2IN. The molecule has 0 atom stereocenters. The Balaban J connectivity index is 2.54. The largest absolute Gasteiger partial charge is 0.255 e. The maximum absolute atomic E-state index is 6.06. The van der Waals surface area contributed by atoms with Crippen molar-refractivity contribution >= 4 is 45.8 Å². The lowest BCUT2D eigenvalue weighted by Crippen LogP contribution is -1.85. The molecule has 4 heteroatoms. The summed E-state index contributed by atoms with van der Waals surface area (Å²) >= 11 is 14.2. The molecule has 1 heterocycles. The minimum absolute atomic E-state index is 0.480. The first-order chi connectivity index (χ1) is 7.18. The van der Waals surface area contributed by atoms with E-state index in [4.69, 9.17) is 23.2 Å². The van der Waals surface area contributed by atoms with Crippen molar-refractivity contribution < 1.29 is 0 Å². The van der Waals surface area contributed by atoms with E-state index < -0.39 is 0 Å². The number of pyridine rings is 1. The Kier molecular flexibility index (Phi) is 3.49. The zero-order valence-electron chi connectivity index (χ0n) is 7.47. The van der Waals surface area contributed by atoms with Gasteiger partial charge in [-0.15, -0.1) is 0 Å². The van der Waals surface area contributed by atoms with Crippen LogP contribution >= 0.6 is 45.8 Å². The van der Waals surface area contributed by atoms with E-state index in [0.717, 1.165) is 9.13 Å². The van der Waals surface area contributed by atoms with Gasteiger partial charge < -0.3 is 0 Å². The number of benzene rings is 1. The number of rotatable bonds is 1. The van der Waals surface area contributed by atoms with E-state index in [1.807, 2.05) is 18.2 Å². The second-order valence-corrected chi connectivity index (χ2v) is 4.83. The van der Waals surface area contributed by atoms with Crippen molar-refractivity contribution in [2.45, 2.75) is 0 Å². The van der Waals surface area contributed by atoms with Gasteiger partial charge in [0.05, 0.1) is 15.7 Å². The number of nitrogens with zero attached hydrogens (tertiary/aromatic N) is 1. The Bertz CT molecular complexity index is 482. The summed E-state index contributed by atoms with van der Waals surface area (Å²) < 4.78 is 1.05. The molecule has 0 spiro atoms. The van der Waals surface area contributed by atoms with Crippen LogP contribution in [0.4, 0.5) is 0 Å².